The first-order chi connectivity index (χ1) is 11.2. The second-order valence-electron chi connectivity index (χ2n) is 4.64. The van der Waals surface area contributed by atoms with Crippen LogP contribution in [0, 0.1) is 0 Å². The van der Waals surface area contributed by atoms with Crippen molar-refractivity contribution in [3.8, 4) is 17.2 Å². The smallest absolute Gasteiger partial charge is 0.338 e. The largest absolute Gasteiger partial charge is 0.502 e. The maximum absolute atomic E-state index is 12.1. The van der Waals surface area contributed by atoms with Crippen LogP contribution in [0.4, 0.5) is 0 Å². The van der Waals surface area contributed by atoms with Gasteiger partial charge >= 0.3 is 5.97 Å². The Morgan fingerprint density at radius 3 is 2.26 bits per heavy atom. The molecule has 0 aliphatic rings. The Bertz CT molecular complexity index is 667. The molecule has 0 fully saturated rings. The van der Waals surface area contributed by atoms with Crippen molar-refractivity contribution in [1.29, 1.82) is 0 Å². The summed E-state index contributed by atoms with van der Waals surface area (Å²) >= 11 is 0. The molecule has 0 heterocycles. The van der Waals surface area contributed by atoms with Gasteiger partial charge in [0.15, 0.2) is 11.5 Å². The molecule has 2 aromatic rings. The van der Waals surface area contributed by atoms with Gasteiger partial charge in [-0.15, -0.1) is 0 Å². The zero-order valence-corrected chi connectivity index (χ0v) is 13.0. The maximum atomic E-state index is 12.1. The summed E-state index contributed by atoms with van der Waals surface area (Å²) in [5.74, 6) is -0.387. The zero-order valence-electron chi connectivity index (χ0n) is 13.0. The van der Waals surface area contributed by atoms with Crippen molar-refractivity contribution >= 4 is 12.0 Å². The quantitative estimate of drug-likeness (QED) is 0.829. The highest BCUT2D eigenvalue weighted by molar-refractivity contribution is 5.91. The number of aromatic hydroxyl groups is 1. The summed E-state index contributed by atoms with van der Waals surface area (Å²) in [6.45, 7) is 0.138. The van der Waals surface area contributed by atoms with Crippen LogP contribution < -0.4 is 9.47 Å². The molecule has 0 spiro atoms. The molecular formula is C18H18O5. The molecule has 0 radical (unpaired) electrons. The fraction of sp³-hybridized carbons (Fsp3) is 0.167. The van der Waals surface area contributed by atoms with Crippen LogP contribution >= 0.6 is 0 Å². The van der Waals surface area contributed by atoms with E-state index in [9.17, 15) is 9.90 Å². The Labute approximate surface area is 134 Å². The Morgan fingerprint density at radius 1 is 1.09 bits per heavy atom. The van der Waals surface area contributed by atoms with Crippen LogP contribution in [0.1, 0.15) is 15.9 Å². The van der Waals surface area contributed by atoms with Gasteiger partial charge in [-0.3, -0.25) is 0 Å². The van der Waals surface area contributed by atoms with Crippen molar-refractivity contribution in [3.63, 3.8) is 0 Å². The van der Waals surface area contributed by atoms with Crippen LogP contribution in [-0.2, 0) is 4.74 Å². The van der Waals surface area contributed by atoms with Crippen LogP contribution in [0.5, 0.6) is 17.2 Å². The van der Waals surface area contributed by atoms with E-state index in [-0.39, 0.29) is 29.4 Å². The topological polar surface area (TPSA) is 65.0 Å². The lowest BCUT2D eigenvalue weighted by Crippen LogP contribution is -2.06. The molecule has 0 aromatic heterocycles. The van der Waals surface area contributed by atoms with Gasteiger partial charge in [0, 0.05) is 0 Å². The molecule has 0 saturated heterocycles. The van der Waals surface area contributed by atoms with Crippen LogP contribution in [0.15, 0.2) is 48.5 Å². The van der Waals surface area contributed by atoms with E-state index in [0.717, 1.165) is 5.56 Å². The lowest BCUT2D eigenvalue weighted by molar-refractivity contribution is 0.0549. The fourth-order valence-electron chi connectivity index (χ4n) is 1.97. The van der Waals surface area contributed by atoms with E-state index in [2.05, 4.69) is 0 Å². The summed E-state index contributed by atoms with van der Waals surface area (Å²) in [7, 11) is 2.79. The van der Waals surface area contributed by atoms with E-state index in [4.69, 9.17) is 14.2 Å². The number of phenols is 1. The average molecular weight is 314 g/mol. The first-order valence-corrected chi connectivity index (χ1v) is 6.99. The van der Waals surface area contributed by atoms with Crippen LogP contribution in [-0.4, -0.2) is 31.9 Å². The highest BCUT2D eigenvalue weighted by Gasteiger charge is 2.16. The zero-order chi connectivity index (χ0) is 16.7. The SMILES string of the molecule is COc1cc(C(=O)OCC=Cc2ccccc2)cc(OC)c1O. The minimum atomic E-state index is -0.528. The highest BCUT2D eigenvalue weighted by atomic mass is 16.5. The molecule has 2 rings (SSSR count). The van der Waals surface area contributed by atoms with Crippen LogP contribution in [0.3, 0.4) is 0 Å². The van der Waals surface area contributed by atoms with E-state index in [0.29, 0.717) is 0 Å². The van der Waals surface area contributed by atoms with Crippen molar-refractivity contribution in [2.45, 2.75) is 0 Å². The molecule has 5 heteroatoms. The van der Waals surface area contributed by atoms with Crippen molar-refractivity contribution in [1.82, 2.24) is 0 Å². The monoisotopic (exact) mass is 314 g/mol. The third-order valence-electron chi connectivity index (χ3n) is 3.14. The molecule has 0 unspecified atom stereocenters. The van der Waals surface area contributed by atoms with Gasteiger partial charge in [0.1, 0.15) is 6.61 Å². The minimum absolute atomic E-state index is 0.138. The van der Waals surface area contributed by atoms with Crippen molar-refractivity contribution in [2.24, 2.45) is 0 Å². The number of carbonyl (C=O) groups is 1. The van der Waals surface area contributed by atoms with E-state index in [1.165, 1.54) is 26.4 Å². The summed E-state index contributed by atoms with van der Waals surface area (Å²) in [6.07, 6.45) is 3.62. The third-order valence-corrected chi connectivity index (χ3v) is 3.14. The predicted molar refractivity (Wildman–Crippen MR) is 87.0 cm³/mol. The van der Waals surface area contributed by atoms with Gasteiger partial charge in [-0.25, -0.2) is 4.79 Å². The summed E-state index contributed by atoms with van der Waals surface area (Å²) in [6, 6.07) is 12.5. The van der Waals surface area contributed by atoms with Crippen LogP contribution in [0.25, 0.3) is 6.08 Å². The molecule has 120 valence electrons. The molecule has 0 aliphatic carbocycles. The van der Waals surface area contributed by atoms with Gasteiger partial charge in [0.05, 0.1) is 19.8 Å². The number of benzene rings is 2. The number of esters is 1. The molecule has 0 saturated carbocycles. The molecular weight excluding hydrogens is 296 g/mol. The summed E-state index contributed by atoms with van der Waals surface area (Å²) < 4.78 is 15.2. The van der Waals surface area contributed by atoms with Gasteiger partial charge in [-0.2, -0.15) is 0 Å². The van der Waals surface area contributed by atoms with Crippen molar-refractivity contribution in [3.05, 3.63) is 59.7 Å². The van der Waals surface area contributed by atoms with E-state index >= 15 is 0 Å². The second-order valence-corrected chi connectivity index (χ2v) is 4.64. The van der Waals surface area contributed by atoms with Crippen LogP contribution in [0.2, 0.25) is 0 Å². The minimum Gasteiger partial charge on any atom is -0.502 e. The first kappa shape index (κ1) is 16.4. The predicted octanol–water partition coefficient (Wildman–Crippen LogP) is 3.28. The number of ether oxygens (including phenoxy) is 3. The Morgan fingerprint density at radius 2 is 1.70 bits per heavy atom. The summed E-state index contributed by atoms with van der Waals surface area (Å²) in [5, 5.41) is 9.82. The summed E-state index contributed by atoms with van der Waals surface area (Å²) in [4.78, 5) is 12.1. The van der Waals surface area contributed by atoms with Crippen molar-refractivity contribution in [2.75, 3.05) is 20.8 Å². The summed E-state index contributed by atoms with van der Waals surface area (Å²) in [5.41, 5.74) is 1.26. The highest BCUT2D eigenvalue weighted by Crippen LogP contribution is 2.37. The fourth-order valence-corrected chi connectivity index (χ4v) is 1.97. The first-order valence-electron chi connectivity index (χ1n) is 6.99. The maximum Gasteiger partial charge on any atom is 0.338 e. The number of carbonyl (C=O) groups excluding carboxylic acids is 1. The molecule has 1 N–H and O–H groups in total. The van der Waals surface area contributed by atoms with E-state index in [1.54, 1.807) is 6.08 Å². The lowest BCUT2D eigenvalue weighted by atomic mass is 10.2. The molecule has 0 amide bonds. The number of hydrogen-bond acceptors (Lipinski definition) is 5. The van der Waals surface area contributed by atoms with Gasteiger partial charge in [-0.1, -0.05) is 36.4 Å². The number of methoxy groups -OCH3 is 2. The Kier molecular flexibility index (Phi) is 5.63. The number of rotatable bonds is 6. The lowest BCUT2D eigenvalue weighted by Gasteiger charge is -2.10. The average Bonchev–Trinajstić information content (AvgIpc) is 2.59. The Hall–Kier alpha value is -2.95. The Balaban J connectivity index is 2.02. The molecule has 0 atom stereocenters. The molecule has 5 nitrogen and oxygen atoms in total. The normalized spacial score (nSPS) is 10.5. The molecule has 0 bridgehead atoms. The standard InChI is InChI=1S/C18H18O5/c1-21-15-11-14(12-16(22-2)17(15)19)18(20)23-10-6-9-13-7-4-3-5-8-13/h3-9,11-12,19H,10H2,1-2H3. The van der Waals surface area contributed by atoms with Crippen molar-refractivity contribution < 1.29 is 24.1 Å². The molecule has 0 aliphatic heterocycles. The van der Waals surface area contributed by atoms with Gasteiger partial charge < -0.3 is 19.3 Å². The number of phenolic OH excluding ortho intramolecular Hbond substituents is 1. The third kappa shape index (κ3) is 4.26. The second kappa shape index (κ2) is 7.89. The van der Waals surface area contributed by atoms with Gasteiger partial charge in [0.2, 0.25) is 5.75 Å². The van der Waals surface area contributed by atoms with Gasteiger partial charge in [-0.05, 0) is 23.8 Å². The van der Waals surface area contributed by atoms with E-state index < -0.39 is 5.97 Å². The number of hydrogen-bond donors (Lipinski definition) is 1. The molecule has 2 aromatic carbocycles. The van der Waals surface area contributed by atoms with Gasteiger partial charge in [0.25, 0.3) is 0 Å². The van der Waals surface area contributed by atoms with E-state index in [1.807, 2.05) is 36.4 Å². The molecule has 23 heavy (non-hydrogen) atoms.